The first kappa shape index (κ1) is 8.57. The van der Waals surface area contributed by atoms with Crippen LogP contribution in [-0.4, -0.2) is 34.6 Å². The number of amides is 1. The zero-order valence-electron chi connectivity index (χ0n) is 8.80. The Kier molecular flexibility index (Phi) is 1.47. The van der Waals surface area contributed by atoms with Crippen molar-refractivity contribution in [3.8, 4) is 0 Å². The van der Waals surface area contributed by atoms with Gasteiger partial charge in [0.15, 0.2) is 0 Å². The summed E-state index contributed by atoms with van der Waals surface area (Å²) in [6, 6.07) is 0.529. The van der Waals surface area contributed by atoms with Gasteiger partial charge in [-0.05, 0) is 42.9 Å². The highest BCUT2D eigenvalue weighted by Crippen LogP contribution is 2.67. The lowest BCUT2D eigenvalue weighted by Gasteiger charge is -2.20. The third-order valence-electron chi connectivity index (χ3n) is 5.19. The Morgan fingerprint density at radius 2 is 1.87 bits per heavy atom. The van der Waals surface area contributed by atoms with Crippen molar-refractivity contribution in [3.05, 3.63) is 0 Å². The molecule has 1 heterocycles. The molecule has 0 aromatic heterocycles. The van der Waals surface area contributed by atoms with Crippen molar-refractivity contribution in [3.63, 3.8) is 0 Å². The minimum absolute atomic E-state index is 0.196. The van der Waals surface area contributed by atoms with Crippen LogP contribution >= 0.6 is 0 Å². The lowest BCUT2D eigenvalue weighted by Crippen LogP contribution is -2.32. The molecule has 3 aliphatic carbocycles. The number of fused-ring (bicyclic) bond motifs is 5. The van der Waals surface area contributed by atoms with Gasteiger partial charge >= 0.3 is 0 Å². The Hall–Kier alpha value is -0.570. The van der Waals surface area contributed by atoms with Crippen LogP contribution in [0, 0.1) is 23.7 Å². The fourth-order valence-electron chi connectivity index (χ4n) is 4.70. The largest absolute Gasteiger partial charge is 0.391 e. The number of carbonyl (C=O) groups is 1. The summed E-state index contributed by atoms with van der Waals surface area (Å²) in [5.74, 6) is 3.66. The molecule has 3 saturated carbocycles. The molecule has 15 heavy (non-hydrogen) atoms. The third kappa shape index (κ3) is 0.975. The van der Waals surface area contributed by atoms with Gasteiger partial charge in [-0.2, -0.15) is 0 Å². The molecule has 4 fully saturated rings. The fraction of sp³-hybridized carbons (Fsp3) is 0.917. The molecule has 1 aliphatic heterocycles. The number of carbonyl (C=O) groups excluding carboxylic acids is 1. The molecule has 0 aromatic rings. The predicted octanol–water partition coefficient (Wildman–Crippen LogP) is 0.624. The summed E-state index contributed by atoms with van der Waals surface area (Å²) in [7, 11) is 0. The summed E-state index contributed by atoms with van der Waals surface area (Å²) in [6.07, 6.45) is 4.19. The predicted molar refractivity (Wildman–Crippen MR) is 53.9 cm³/mol. The van der Waals surface area contributed by atoms with Gasteiger partial charge < -0.3 is 10.0 Å². The number of likely N-dealkylation sites (tertiary alicyclic amines) is 1. The number of hydrogen-bond donors (Lipinski definition) is 1. The van der Waals surface area contributed by atoms with E-state index in [1.54, 1.807) is 0 Å². The van der Waals surface area contributed by atoms with Crippen LogP contribution in [0.4, 0.5) is 0 Å². The first-order valence-corrected chi connectivity index (χ1v) is 6.23. The van der Waals surface area contributed by atoms with E-state index in [0.29, 0.717) is 19.0 Å². The van der Waals surface area contributed by atoms with E-state index in [4.69, 9.17) is 0 Å². The highest BCUT2D eigenvalue weighted by Gasteiger charge is 2.67. The van der Waals surface area contributed by atoms with Crippen LogP contribution in [0.1, 0.15) is 25.7 Å². The number of aliphatic hydroxyl groups excluding tert-OH is 1. The van der Waals surface area contributed by atoms with E-state index in [-0.39, 0.29) is 5.91 Å². The first-order chi connectivity index (χ1) is 7.25. The molecule has 82 valence electrons. The third-order valence-corrected chi connectivity index (χ3v) is 5.19. The highest BCUT2D eigenvalue weighted by molar-refractivity contribution is 5.80. The monoisotopic (exact) mass is 207 g/mol. The Balaban J connectivity index is 1.55. The van der Waals surface area contributed by atoms with Crippen LogP contribution in [0.5, 0.6) is 0 Å². The van der Waals surface area contributed by atoms with Crippen molar-refractivity contribution in [1.29, 1.82) is 0 Å². The molecule has 2 bridgehead atoms. The van der Waals surface area contributed by atoms with Crippen LogP contribution in [0.3, 0.4) is 0 Å². The van der Waals surface area contributed by atoms with Crippen LogP contribution in [-0.2, 0) is 4.79 Å². The maximum Gasteiger partial charge on any atom is 0.225 e. The molecule has 5 atom stereocenters. The molecule has 4 rings (SSSR count). The van der Waals surface area contributed by atoms with E-state index in [9.17, 15) is 9.90 Å². The smallest absolute Gasteiger partial charge is 0.225 e. The zero-order chi connectivity index (χ0) is 10.2. The quantitative estimate of drug-likeness (QED) is 0.685. The number of β-amino-alcohol motifs (C(OH)–C–C–N with tert-alkyl or cyclic N) is 1. The SMILES string of the molecule is O=C1CC(O)CN1C1C2C3CCC(C3)C21. The second kappa shape index (κ2) is 2.57. The minimum atomic E-state index is -0.392. The molecular formula is C12H17NO2. The van der Waals surface area contributed by atoms with E-state index in [2.05, 4.69) is 0 Å². The second-order valence-electron chi connectivity index (χ2n) is 5.88. The molecule has 5 unspecified atom stereocenters. The van der Waals surface area contributed by atoms with Gasteiger partial charge in [-0.1, -0.05) is 0 Å². The summed E-state index contributed by atoms with van der Waals surface area (Å²) in [4.78, 5) is 13.7. The number of aliphatic hydroxyl groups is 1. The topological polar surface area (TPSA) is 40.5 Å². The summed E-state index contributed by atoms with van der Waals surface area (Å²) < 4.78 is 0. The van der Waals surface area contributed by atoms with Crippen molar-refractivity contribution in [2.75, 3.05) is 6.54 Å². The van der Waals surface area contributed by atoms with Gasteiger partial charge in [-0.3, -0.25) is 4.79 Å². The second-order valence-corrected chi connectivity index (χ2v) is 5.88. The van der Waals surface area contributed by atoms with Crippen LogP contribution in [0.2, 0.25) is 0 Å². The van der Waals surface area contributed by atoms with Crippen molar-refractivity contribution >= 4 is 5.91 Å². The summed E-state index contributed by atoms with van der Waals surface area (Å²) in [6.45, 7) is 0.607. The van der Waals surface area contributed by atoms with E-state index in [0.717, 1.165) is 23.7 Å². The maximum atomic E-state index is 11.7. The fourth-order valence-corrected chi connectivity index (χ4v) is 4.70. The van der Waals surface area contributed by atoms with Crippen LogP contribution < -0.4 is 0 Å². The van der Waals surface area contributed by atoms with E-state index in [1.807, 2.05) is 4.90 Å². The minimum Gasteiger partial charge on any atom is -0.391 e. The van der Waals surface area contributed by atoms with Gasteiger partial charge in [-0.15, -0.1) is 0 Å². The lowest BCUT2D eigenvalue weighted by molar-refractivity contribution is -0.128. The van der Waals surface area contributed by atoms with E-state index >= 15 is 0 Å². The summed E-state index contributed by atoms with van der Waals surface area (Å²) >= 11 is 0. The van der Waals surface area contributed by atoms with Crippen molar-refractivity contribution in [2.45, 2.75) is 37.8 Å². The molecule has 4 aliphatic rings. The molecule has 1 amide bonds. The van der Waals surface area contributed by atoms with Crippen molar-refractivity contribution in [1.82, 2.24) is 4.90 Å². The molecule has 1 saturated heterocycles. The van der Waals surface area contributed by atoms with Gasteiger partial charge in [0.1, 0.15) is 0 Å². The molecule has 1 N–H and O–H groups in total. The molecule has 3 heteroatoms. The Morgan fingerprint density at radius 3 is 2.40 bits per heavy atom. The molecule has 0 aromatic carbocycles. The first-order valence-electron chi connectivity index (χ1n) is 6.23. The van der Waals surface area contributed by atoms with Gasteiger partial charge in [-0.25, -0.2) is 0 Å². The van der Waals surface area contributed by atoms with Gasteiger partial charge in [0.2, 0.25) is 5.91 Å². The summed E-state index contributed by atoms with van der Waals surface area (Å²) in [5, 5.41) is 9.49. The number of hydrogen-bond acceptors (Lipinski definition) is 2. The number of nitrogens with zero attached hydrogens (tertiary/aromatic N) is 1. The van der Waals surface area contributed by atoms with Gasteiger partial charge in [0, 0.05) is 12.6 Å². The zero-order valence-corrected chi connectivity index (χ0v) is 8.80. The standard InChI is InChI=1S/C12H17NO2/c14-8-4-9(15)13(5-8)12-10-6-1-2-7(3-6)11(10)12/h6-8,10-12,14H,1-5H2. The highest BCUT2D eigenvalue weighted by atomic mass is 16.3. The van der Waals surface area contributed by atoms with Crippen LogP contribution in [0.15, 0.2) is 0 Å². The van der Waals surface area contributed by atoms with Crippen molar-refractivity contribution in [2.24, 2.45) is 23.7 Å². The number of rotatable bonds is 1. The Bertz CT molecular complexity index is 314. The molecule has 3 nitrogen and oxygen atoms in total. The maximum absolute atomic E-state index is 11.7. The molecule has 0 radical (unpaired) electrons. The van der Waals surface area contributed by atoms with Gasteiger partial charge in [0.05, 0.1) is 12.5 Å². The summed E-state index contributed by atoms with van der Waals surface area (Å²) in [5.41, 5.74) is 0. The lowest BCUT2D eigenvalue weighted by atomic mass is 10.0. The van der Waals surface area contributed by atoms with E-state index < -0.39 is 6.10 Å². The average Bonchev–Trinajstić information content (AvgIpc) is 2.57. The average molecular weight is 207 g/mol. The van der Waals surface area contributed by atoms with Crippen LogP contribution in [0.25, 0.3) is 0 Å². The van der Waals surface area contributed by atoms with Crippen molar-refractivity contribution < 1.29 is 9.90 Å². The van der Waals surface area contributed by atoms with Gasteiger partial charge in [0.25, 0.3) is 0 Å². The normalized spacial score (nSPS) is 56.3. The molecule has 0 spiro atoms. The van der Waals surface area contributed by atoms with E-state index in [1.165, 1.54) is 19.3 Å². The Morgan fingerprint density at radius 1 is 1.20 bits per heavy atom. The Labute approximate surface area is 89.4 Å². The molecular weight excluding hydrogens is 190 g/mol.